The molecule has 1 aliphatic rings. The van der Waals surface area contributed by atoms with Crippen LogP contribution in [0.2, 0.25) is 0 Å². The number of benzene rings is 2. The molecule has 160 valence electrons. The number of ether oxygens (including phenoxy) is 1. The molecule has 1 saturated heterocycles. The van der Waals surface area contributed by atoms with Crippen molar-refractivity contribution in [3.63, 3.8) is 0 Å². The minimum Gasteiger partial charge on any atom is -0.487 e. The van der Waals surface area contributed by atoms with Gasteiger partial charge in [0, 0.05) is 18.8 Å². The Hall–Kier alpha value is -3.46. The van der Waals surface area contributed by atoms with Crippen LogP contribution in [0, 0.1) is 23.3 Å². The lowest BCUT2D eigenvalue weighted by Gasteiger charge is -2.16. The van der Waals surface area contributed by atoms with Crippen molar-refractivity contribution in [2.45, 2.75) is 12.5 Å². The Morgan fingerprint density at radius 3 is 2.48 bits per heavy atom. The van der Waals surface area contributed by atoms with E-state index in [1.807, 2.05) is 0 Å². The van der Waals surface area contributed by atoms with Gasteiger partial charge in [-0.05, 0) is 37.2 Å². The van der Waals surface area contributed by atoms with Gasteiger partial charge in [0.15, 0.2) is 0 Å². The van der Waals surface area contributed by atoms with E-state index in [0.717, 1.165) is 43.3 Å². The Morgan fingerprint density at radius 1 is 1.03 bits per heavy atom. The zero-order chi connectivity index (χ0) is 22.0. The van der Waals surface area contributed by atoms with Gasteiger partial charge in [-0.2, -0.15) is 0 Å². The van der Waals surface area contributed by atoms with Gasteiger partial charge in [-0.15, -0.1) is 0 Å². The van der Waals surface area contributed by atoms with Crippen LogP contribution in [-0.4, -0.2) is 30.1 Å². The number of pyridine rings is 1. The summed E-state index contributed by atoms with van der Waals surface area (Å²) in [5.41, 5.74) is -2.24. The van der Waals surface area contributed by atoms with Gasteiger partial charge in [-0.25, -0.2) is 17.6 Å². The zero-order valence-corrected chi connectivity index (χ0v) is 16.1. The minimum atomic E-state index is -1.38. The van der Waals surface area contributed by atoms with Crippen molar-refractivity contribution in [1.29, 1.82) is 0 Å². The molecule has 1 fully saturated rings. The molecule has 2 N–H and O–H groups in total. The van der Waals surface area contributed by atoms with Gasteiger partial charge in [0.1, 0.15) is 40.8 Å². The van der Waals surface area contributed by atoms with Gasteiger partial charge in [0.25, 0.3) is 5.91 Å². The van der Waals surface area contributed by atoms with Crippen molar-refractivity contribution >= 4 is 11.6 Å². The number of halogens is 4. The number of aromatic nitrogens is 1. The first-order chi connectivity index (χ1) is 15.0. The molecule has 2 heterocycles. The molecule has 4 rings (SSSR count). The Kier molecular flexibility index (Phi) is 5.85. The first kappa shape index (κ1) is 20.8. The van der Waals surface area contributed by atoms with Gasteiger partial charge >= 0.3 is 0 Å². The number of nitrogens with one attached hydrogen (secondary N) is 2. The maximum absolute atomic E-state index is 15.1. The Morgan fingerprint density at radius 2 is 1.77 bits per heavy atom. The lowest BCUT2D eigenvalue weighted by atomic mass is 9.99. The van der Waals surface area contributed by atoms with E-state index < -0.39 is 45.9 Å². The van der Waals surface area contributed by atoms with Crippen molar-refractivity contribution in [1.82, 2.24) is 10.3 Å². The van der Waals surface area contributed by atoms with Gasteiger partial charge in [-0.1, -0.05) is 6.07 Å². The van der Waals surface area contributed by atoms with E-state index in [4.69, 9.17) is 4.74 Å². The van der Waals surface area contributed by atoms with Crippen LogP contribution in [-0.2, 0) is 0 Å². The summed E-state index contributed by atoms with van der Waals surface area (Å²) in [6.45, 7) is 1.44. The molecule has 0 spiro atoms. The summed E-state index contributed by atoms with van der Waals surface area (Å²) in [5, 5.41) is 5.62. The quantitative estimate of drug-likeness (QED) is 0.592. The van der Waals surface area contributed by atoms with Crippen LogP contribution in [0.4, 0.5) is 23.2 Å². The number of carbonyl (C=O) groups is 1. The molecule has 0 radical (unpaired) electrons. The molecule has 1 atom stereocenters. The second-order valence-corrected chi connectivity index (χ2v) is 6.94. The van der Waals surface area contributed by atoms with Crippen molar-refractivity contribution < 1.29 is 27.1 Å². The molecule has 9 heteroatoms. The van der Waals surface area contributed by atoms with Gasteiger partial charge in [-0.3, -0.25) is 9.78 Å². The van der Waals surface area contributed by atoms with E-state index in [1.54, 1.807) is 6.07 Å². The first-order valence-electron chi connectivity index (χ1n) is 9.51. The van der Waals surface area contributed by atoms with Gasteiger partial charge in [0.2, 0.25) is 0 Å². The summed E-state index contributed by atoms with van der Waals surface area (Å²) in [5.74, 6) is -5.49. The van der Waals surface area contributed by atoms with Crippen LogP contribution < -0.4 is 15.4 Å². The molecule has 0 bridgehead atoms. The molecule has 2 aromatic carbocycles. The minimum absolute atomic E-state index is 0.101. The highest BCUT2D eigenvalue weighted by Crippen LogP contribution is 2.33. The van der Waals surface area contributed by atoms with E-state index in [2.05, 4.69) is 15.6 Å². The standard InChI is InChI=1S/C22H17F4N3O2/c23-14-2-1-3-15(24)19(14)20-16(25)5-4-13(21(20)26)22(30)29-17-11-28-9-7-18(17)31-12-6-8-27-10-12/h1-5,7,9,11-12,27H,6,8,10H2,(H,29,30)/t12-/m0/s1. The van der Waals surface area contributed by atoms with E-state index in [-0.39, 0.29) is 11.8 Å². The number of amides is 1. The van der Waals surface area contributed by atoms with E-state index >= 15 is 4.39 Å². The van der Waals surface area contributed by atoms with Crippen LogP contribution in [0.1, 0.15) is 16.8 Å². The average Bonchev–Trinajstić information content (AvgIpc) is 3.24. The predicted molar refractivity (Wildman–Crippen MR) is 106 cm³/mol. The summed E-state index contributed by atoms with van der Waals surface area (Å²) < 4.78 is 63.5. The SMILES string of the molecule is O=C(Nc1cnccc1O[C@H]1CCNC1)c1ccc(F)c(-c2c(F)cccc2F)c1F. The third-order valence-corrected chi connectivity index (χ3v) is 4.89. The fraction of sp³-hybridized carbons (Fsp3) is 0.182. The summed E-state index contributed by atoms with van der Waals surface area (Å²) >= 11 is 0. The number of hydrogen-bond acceptors (Lipinski definition) is 4. The molecule has 5 nitrogen and oxygen atoms in total. The zero-order valence-electron chi connectivity index (χ0n) is 16.1. The van der Waals surface area contributed by atoms with Crippen LogP contribution >= 0.6 is 0 Å². The van der Waals surface area contributed by atoms with E-state index in [9.17, 15) is 18.0 Å². The molecule has 0 aliphatic carbocycles. The Balaban J connectivity index is 1.66. The summed E-state index contributed by atoms with van der Waals surface area (Å²) in [7, 11) is 0. The molecule has 1 aliphatic heterocycles. The van der Waals surface area contributed by atoms with Crippen molar-refractivity contribution in [3.05, 3.63) is 77.6 Å². The predicted octanol–water partition coefficient (Wildman–Crippen LogP) is 4.30. The number of nitrogens with zero attached hydrogens (tertiary/aromatic N) is 1. The van der Waals surface area contributed by atoms with Crippen LogP contribution in [0.15, 0.2) is 48.8 Å². The molecule has 1 aromatic heterocycles. The second-order valence-electron chi connectivity index (χ2n) is 6.94. The monoisotopic (exact) mass is 431 g/mol. The van der Waals surface area contributed by atoms with Crippen molar-refractivity contribution in [3.8, 4) is 16.9 Å². The third-order valence-electron chi connectivity index (χ3n) is 4.89. The van der Waals surface area contributed by atoms with Crippen LogP contribution in [0.25, 0.3) is 11.1 Å². The third kappa shape index (κ3) is 4.22. The molecule has 0 unspecified atom stereocenters. The summed E-state index contributed by atoms with van der Waals surface area (Å²) in [6.07, 6.45) is 3.48. The molecule has 3 aromatic rings. The topological polar surface area (TPSA) is 63.2 Å². The number of anilines is 1. The number of hydrogen-bond donors (Lipinski definition) is 2. The maximum atomic E-state index is 15.1. The Bertz CT molecular complexity index is 1110. The fourth-order valence-corrected chi connectivity index (χ4v) is 3.37. The maximum Gasteiger partial charge on any atom is 0.258 e. The largest absolute Gasteiger partial charge is 0.487 e. The van der Waals surface area contributed by atoms with Crippen molar-refractivity contribution in [2.75, 3.05) is 18.4 Å². The van der Waals surface area contributed by atoms with Gasteiger partial charge in [0.05, 0.1) is 22.9 Å². The van der Waals surface area contributed by atoms with E-state index in [1.165, 1.54) is 12.4 Å². The lowest BCUT2D eigenvalue weighted by molar-refractivity contribution is 0.102. The Labute approximate surface area is 175 Å². The number of carbonyl (C=O) groups excluding carboxylic acids is 1. The molecule has 0 saturated carbocycles. The first-order valence-corrected chi connectivity index (χ1v) is 9.51. The molecular weight excluding hydrogens is 414 g/mol. The van der Waals surface area contributed by atoms with Crippen LogP contribution in [0.5, 0.6) is 5.75 Å². The van der Waals surface area contributed by atoms with Gasteiger partial charge < -0.3 is 15.4 Å². The van der Waals surface area contributed by atoms with Crippen LogP contribution in [0.3, 0.4) is 0 Å². The summed E-state index contributed by atoms with van der Waals surface area (Å²) in [4.78, 5) is 16.7. The smallest absolute Gasteiger partial charge is 0.258 e. The fourth-order valence-electron chi connectivity index (χ4n) is 3.37. The second kappa shape index (κ2) is 8.73. The highest BCUT2D eigenvalue weighted by atomic mass is 19.1. The molecule has 1 amide bonds. The number of rotatable bonds is 5. The highest BCUT2D eigenvalue weighted by molar-refractivity contribution is 6.06. The summed E-state index contributed by atoms with van der Waals surface area (Å²) in [6, 6.07) is 6.06. The molecular formula is C22H17F4N3O2. The average molecular weight is 431 g/mol. The molecule has 31 heavy (non-hydrogen) atoms. The van der Waals surface area contributed by atoms with Crippen molar-refractivity contribution in [2.24, 2.45) is 0 Å². The van der Waals surface area contributed by atoms with E-state index in [0.29, 0.717) is 12.3 Å². The highest BCUT2D eigenvalue weighted by Gasteiger charge is 2.25. The lowest BCUT2D eigenvalue weighted by Crippen LogP contribution is -2.21. The normalized spacial score (nSPS) is 15.7.